The quantitative estimate of drug-likeness (QED) is 0.391. The van der Waals surface area contributed by atoms with Gasteiger partial charge in [-0.15, -0.1) is 0 Å². The first-order valence-electron chi connectivity index (χ1n) is 10.3. The van der Waals surface area contributed by atoms with Crippen LogP contribution in [0, 0.1) is 11.3 Å². The topological polar surface area (TPSA) is 140 Å². The third kappa shape index (κ3) is 4.26. The summed E-state index contributed by atoms with van der Waals surface area (Å²) >= 11 is 0. The van der Waals surface area contributed by atoms with Crippen LogP contribution in [0.2, 0.25) is 0 Å². The lowest BCUT2D eigenvalue weighted by Crippen LogP contribution is -2.24. The molecule has 0 bridgehead atoms. The molecule has 156 valence electrons. The maximum absolute atomic E-state index is 12.2. The third-order valence-corrected chi connectivity index (χ3v) is 5.81. The van der Waals surface area contributed by atoms with Crippen molar-refractivity contribution in [1.29, 1.82) is 5.41 Å². The van der Waals surface area contributed by atoms with Crippen molar-refractivity contribution in [3.63, 3.8) is 0 Å². The van der Waals surface area contributed by atoms with Gasteiger partial charge in [-0.2, -0.15) is 0 Å². The molecule has 8 heteroatoms. The number of carbonyl (C=O) groups excluding carboxylic acids is 2. The van der Waals surface area contributed by atoms with Crippen molar-refractivity contribution in [2.75, 3.05) is 12.3 Å². The summed E-state index contributed by atoms with van der Waals surface area (Å²) in [6, 6.07) is 0. The number of hydrogen-bond acceptors (Lipinski definition) is 5. The number of rotatable bonds is 8. The Morgan fingerprint density at radius 3 is 2.79 bits per heavy atom. The van der Waals surface area contributed by atoms with E-state index in [0.29, 0.717) is 43.5 Å². The molecule has 29 heavy (non-hydrogen) atoms. The molecule has 0 aliphatic heterocycles. The average molecular weight is 399 g/mol. The molecule has 3 rings (SSSR count). The van der Waals surface area contributed by atoms with Gasteiger partial charge in [0, 0.05) is 37.9 Å². The Hall–Kier alpha value is -2.90. The van der Waals surface area contributed by atoms with Crippen LogP contribution in [-0.2, 0) is 22.6 Å². The van der Waals surface area contributed by atoms with Gasteiger partial charge in [0.2, 0.25) is 5.91 Å². The fraction of sp³-hybridized carbons (Fsp3) is 0.524. The molecule has 0 saturated heterocycles. The van der Waals surface area contributed by atoms with E-state index >= 15 is 0 Å². The number of carbonyl (C=O) groups is 2. The highest BCUT2D eigenvalue weighted by molar-refractivity contribution is 6.01. The molecule has 1 unspecified atom stereocenters. The van der Waals surface area contributed by atoms with Crippen LogP contribution in [0.25, 0.3) is 0 Å². The van der Waals surface area contributed by atoms with Gasteiger partial charge >= 0.3 is 0 Å². The monoisotopic (exact) mass is 398 g/mol. The van der Waals surface area contributed by atoms with Crippen LogP contribution < -0.4 is 16.8 Å². The Labute approximate surface area is 170 Å². The highest BCUT2D eigenvalue weighted by Gasteiger charge is 2.30. The number of aromatic nitrogens is 2. The molecule has 2 aliphatic rings. The number of amides is 1. The molecular formula is C21H30N6O2. The van der Waals surface area contributed by atoms with Crippen molar-refractivity contribution in [2.24, 2.45) is 11.7 Å². The first-order valence-corrected chi connectivity index (χ1v) is 10.3. The number of anilines is 1. The fourth-order valence-corrected chi connectivity index (χ4v) is 4.24. The summed E-state index contributed by atoms with van der Waals surface area (Å²) in [6.07, 6.45) is 6.20. The molecule has 0 saturated carbocycles. The SMILES string of the molecule is CCNC(=O)CCn1c(CC2=CC3=C(CCC3=O)CC2CC)nc(C(=N)N)c1N. The van der Waals surface area contributed by atoms with Crippen LogP contribution in [0.4, 0.5) is 5.82 Å². The maximum atomic E-state index is 12.2. The smallest absolute Gasteiger partial charge is 0.221 e. The molecule has 0 spiro atoms. The summed E-state index contributed by atoms with van der Waals surface area (Å²) in [4.78, 5) is 28.7. The van der Waals surface area contributed by atoms with Gasteiger partial charge in [0.1, 0.15) is 23.2 Å². The molecule has 2 aliphatic carbocycles. The van der Waals surface area contributed by atoms with Crippen LogP contribution in [0.3, 0.4) is 0 Å². The molecule has 6 N–H and O–H groups in total. The zero-order valence-corrected chi connectivity index (χ0v) is 17.2. The van der Waals surface area contributed by atoms with Crippen LogP contribution >= 0.6 is 0 Å². The van der Waals surface area contributed by atoms with Gasteiger partial charge in [0.15, 0.2) is 5.78 Å². The van der Waals surface area contributed by atoms with E-state index in [4.69, 9.17) is 16.9 Å². The van der Waals surface area contributed by atoms with Gasteiger partial charge in [0.25, 0.3) is 0 Å². The zero-order valence-electron chi connectivity index (χ0n) is 17.2. The number of Topliss-reactive ketones (excluding diaryl/α,β-unsaturated/α-hetero) is 1. The van der Waals surface area contributed by atoms with Crippen molar-refractivity contribution in [3.05, 3.63) is 34.3 Å². The Morgan fingerprint density at radius 2 is 2.14 bits per heavy atom. The standard InChI is InChI=1S/C21H30N6O2/c1-3-12-9-13-5-6-16(28)15(13)10-14(12)11-17-26-19(20(22)23)21(24)27(17)8-7-18(29)25-4-2/h10,12H,3-9,11,24H2,1-2H3,(H3,22,23)(H,25,29). The number of nitrogens with two attached hydrogens (primary N) is 2. The molecule has 1 aromatic heterocycles. The van der Waals surface area contributed by atoms with E-state index in [-0.39, 0.29) is 29.6 Å². The number of nitrogens with one attached hydrogen (secondary N) is 2. The number of nitrogen functional groups attached to an aromatic ring is 2. The molecule has 0 aromatic carbocycles. The molecule has 8 nitrogen and oxygen atoms in total. The van der Waals surface area contributed by atoms with E-state index in [1.807, 2.05) is 13.0 Å². The lowest BCUT2D eigenvalue weighted by Gasteiger charge is -2.24. The van der Waals surface area contributed by atoms with E-state index in [1.54, 1.807) is 4.57 Å². The minimum atomic E-state index is -0.193. The molecule has 0 radical (unpaired) electrons. The number of imidazole rings is 1. The lowest BCUT2D eigenvalue weighted by atomic mass is 9.81. The van der Waals surface area contributed by atoms with E-state index in [9.17, 15) is 9.59 Å². The van der Waals surface area contributed by atoms with Crippen molar-refractivity contribution in [1.82, 2.24) is 14.9 Å². The maximum Gasteiger partial charge on any atom is 0.221 e. The number of nitrogens with zero attached hydrogens (tertiary/aromatic N) is 2. The normalized spacial score (nSPS) is 18.6. The summed E-state index contributed by atoms with van der Waals surface area (Å²) < 4.78 is 1.78. The minimum Gasteiger partial charge on any atom is -0.383 e. The second-order valence-corrected chi connectivity index (χ2v) is 7.68. The van der Waals surface area contributed by atoms with E-state index < -0.39 is 0 Å². The zero-order chi connectivity index (χ0) is 21.1. The van der Waals surface area contributed by atoms with Crippen molar-refractivity contribution in [3.8, 4) is 0 Å². The highest BCUT2D eigenvalue weighted by atomic mass is 16.1. The summed E-state index contributed by atoms with van der Waals surface area (Å²) in [7, 11) is 0. The van der Waals surface area contributed by atoms with E-state index in [0.717, 1.165) is 30.4 Å². The van der Waals surface area contributed by atoms with Gasteiger partial charge in [-0.25, -0.2) is 4.98 Å². The van der Waals surface area contributed by atoms with Crippen molar-refractivity contribution >= 4 is 23.3 Å². The van der Waals surface area contributed by atoms with Crippen LogP contribution in [-0.4, -0.2) is 33.6 Å². The second-order valence-electron chi connectivity index (χ2n) is 7.68. The predicted octanol–water partition coefficient (Wildman–Crippen LogP) is 1.83. The molecule has 1 amide bonds. The fourth-order valence-electron chi connectivity index (χ4n) is 4.24. The van der Waals surface area contributed by atoms with Gasteiger partial charge in [0.05, 0.1) is 0 Å². The van der Waals surface area contributed by atoms with Gasteiger partial charge in [-0.05, 0) is 32.1 Å². The number of amidine groups is 1. The predicted molar refractivity (Wildman–Crippen MR) is 112 cm³/mol. The van der Waals surface area contributed by atoms with Crippen molar-refractivity contribution < 1.29 is 9.59 Å². The molecular weight excluding hydrogens is 368 g/mol. The Kier molecular flexibility index (Phi) is 6.20. The third-order valence-electron chi connectivity index (χ3n) is 5.81. The van der Waals surface area contributed by atoms with Gasteiger partial charge in [-0.3, -0.25) is 15.0 Å². The number of allylic oxidation sites excluding steroid dienone is 4. The summed E-state index contributed by atoms with van der Waals surface area (Å²) in [5.41, 5.74) is 15.4. The Morgan fingerprint density at radius 1 is 1.38 bits per heavy atom. The van der Waals surface area contributed by atoms with Crippen LogP contribution in [0.1, 0.15) is 57.5 Å². The largest absolute Gasteiger partial charge is 0.383 e. The van der Waals surface area contributed by atoms with Crippen LogP contribution in [0.15, 0.2) is 22.8 Å². The lowest BCUT2D eigenvalue weighted by molar-refractivity contribution is -0.121. The second kappa shape index (κ2) is 8.63. The minimum absolute atomic E-state index is 0.0643. The van der Waals surface area contributed by atoms with Crippen molar-refractivity contribution in [2.45, 2.75) is 58.9 Å². The van der Waals surface area contributed by atoms with E-state index in [2.05, 4.69) is 17.2 Å². The Bertz CT molecular complexity index is 909. The van der Waals surface area contributed by atoms with Gasteiger partial charge in [-0.1, -0.05) is 24.1 Å². The molecule has 1 heterocycles. The molecule has 1 atom stereocenters. The van der Waals surface area contributed by atoms with Crippen LogP contribution in [0.5, 0.6) is 0 Å². The molecule has 1 aromatic rings. The highest BCUT2D eigenvalue weighted by Crippen LogP contribution is 2.39. The summed E-state index contributed by atoms with van der Waals surface area (Å²) in [6.45, 7) is 4.96. The van der Waals surface area contributed by atoms with E-state index in [1.165, 1.54) is 5.57 Å². The first kappa shape index (κ1) is 20.8. The average Bonchev–Trinajstić information content (AvgIpc) is 3.19. The Balaban J connectivity index is 1.91. The number of hydrogen-bond donors (Lipinski definition) is 4. The summed E-state index contributed by atoms with van der Waals surface area (Å²) in [5, 5.41) is 10.5. The molecule has 0 fully saturated rings. The first-order chi connectivity index (χ1) is 13.8. The summed E-state index contributed by atoms with van der Waals surface area (Å²) in [5.74, 6) is 1.30. The van der Waals surface area contributed by atoms with Gasteiger partial charge < -0.3 is 21.4 Å². The number of ketones is 1.